The van der Waals surface area contributed by atoms with Crippen LogP contribution in [-0.2, 0) is 52.4 Å². The quantitative estimate of drug-likeness (QED) is 0.250. The number of rotatable bonds is 6. The molecule has 13 nitrogen and oxygen atoms in total. The van der Waals surface area contributed by atoms with E-state index in [0.29, 0.717) is 5.57 Å². The second-order valence-electron chi connectivity index (χ2n) is 13.0. The molecule has 1 heterocycles. The van der Waals surface area contributed by atoms with Crippen molar-refractivity contribution in [1.82, 2.24) is 0 Å². The van der Waals surface area contributed by atoms with E-state index in [1.807, 2.05) is 0 Å². The molecule has 3 aliphatic carbocycles. The van der Waals surface area contributed by atoms with E-state index in [1.165, 1.54) is 34.6 Å². The number of fused-ring (bicyclic) bond motifs is 4. The average Bonchev–Trinajstić information content (AvgIpc) is 3.07. The van der Waals surface area contributed by atoms with Gasteiger partial charge in [0, 0.05) is 41.0 Å². The fraction of sp³-hybridized carbons (Fsp3) is 0.767. The number of esters is 5. The van der Waals surface area contributed by atoms with Gasteiger partial charge in [0.05, 0.1) is 35.1 Å². The third kappa shape index (κ3) is 4.93. The maximum atomic E-state index is 13.0. The molecule has 43 heavy (non-hydrogen) atoms. The maximum Gasteiger partial charge on any atom is 0.303 e. The monoisotopic (exact) mass is 610 g/mol. The molecule has 1 saturated heterocycles. The molecule has 0 aromatic heterocycles. The van der Waals surface area contributed by atoms with Crippen LogP contribution in [0.2, 0.25) is 0 Å². The Morgan fingerprint density at radius 1 is 0.860 bits per heavy atom. The summed E-state index contributed by atoms with van der Waals surface area (Å²) in [6, 6.07) is 0. The topological polar surface area (TPSA) is 181 Å². The lowest BCUT2D eigenvalue weighted by atomic mass is 9.49. The van der Waals surface area contributed by atoms with Crippen LogP contribution < -0.4 is 0 Å². The molecule has 13 heteroatoms. The van der Waals surface area contributed by atoms with Gasteiger partial charge in [0.2, 0.25) is 0 Å². The van der Waals surface area contributed by atoms with Gasteiger partial charge in [-0.25, -0.2) is 0 Å². The minimum Gasteiger partial charge on any atom is -0.462 e. The molecule has 10 atom stereocenters. The Balaban J connectivity index is 2.23. The van der Waals surface area contributed by atoms with Crippen molar-refractivity contribution in [3.05, 3.63) is 11.1 Å². The van der Waals surface area contributed by atoms with Crippen LogP contribution in [0.3, 0.4) is 0 Å². The number of aliphatic hydroxyl groups excluding tert-OH is 1. The van der Waals surface area contributed by atoms with E-state index >= 15 is 0 Å². The van der Waals surface area contributed by atoms with Gasteiger partial charge in [0.15, 0.2) is 17.8 Å². The summed E-state index contributed by atoms with van der Waals surface area (Å²) in [5.41, 5.74) is -6.07. The molecule has 4 rings (SSSR count). The van der Waals surface area contributed by atoms with Gasteiger partial charge >= 0.3 is 29.8 Å². The molecule has 4 aliphatic rings. The lowest BCUT2D eigenvalue weighted by Gasteiger charge is -2.65. The van der Waals surface area contributed by atoms with Crippen LogP contribution in [0.15, 0.2) is 11.1 Å². The third-order valence-corrected chi connectivity index (χ3v) is 9.87. The molecule has 0 amide bonds. The van der Waals surface area contributed by atoms with Gasteiger partial charge in [-0.05, 0) is 38.3 Å². The van der Waals surface area contributed by atoms with E-state index in [-0.39, 0.29) is 25.0 Å². The number of ether oxygens (including phenoxy) is 6. The minimum absolute atomic E-state index is 0.00657. The number of aliphatic hydroxyl groups is 2. The van der Waals surface area contributed by atoms with Crippen LogP contribution in [0, 0.1) is 16.7 Å². The first kappa shape index (κ1) is 32.9. The molecule has 0 unspecified atom stereocenters. The van der Waals surface area contributed by atoms with Crippen molar-refractivity contribution >= 4 is 29.8 Å². The highest BCUT2D eigenvalue weighted by atomic mass is 16.6. The SMILES string of the molecule is CC(=O)O[C@@H]1C2=C(C)[C@@H](O)C[C@@]2(C(C)(C)O)[C@@H](OC(C)=O)[C@@H]2[C@]3(OC(C)=O)CO[C@@H]3C[C@H](OC(C)=O)[C@@]2(C)[C@H]1OC(C)=O. The molecule has 0 bridgehead atoms. The van der Waals surface area contributed by atoms with Crippen LogP contribution in [0.5, 0.6) is 0 Å². The molecule has 2 N–H and O–H groups in total. The molecule has 0 aromatic rings. The Kier molecular flexibility index (Phi) is 8.29. The van der Waals surface area contributed by atoms with Crippen molar-refractivity contribution in [2.75, 3.05) is 6.61 Å². The first-order valence-electron chi connectivity index (χ1n) is 14.4. The average molecular weight is 611 g/mol. The Bertz CT molecular complexity index is 1250. The lowest BCUT2D eigenvalue weighted by Crippen LogP contribution is -2.79. The van der Waals surface area contributed by atoms with E-state index < -0.39 is 94.4 Å². The van der Waals surface area contributed by atoms with Crippen LogP contribution in [-0.4, -0.2) is 94.5 Å². The Labute approximate surface area is 250 Å². The fourth-order valence-electron chi connectivity index (χ4n) is 8.39. The number of carbonyl (C=O) groups excluding carboxylic acids is 5. The smallest absolute Gasteiger partial charge is 0.303 e. The van der Waals surface area contributed by atoms with E-state index in [2.05, 4.69) is 0 Å². The summed E-state index contributed by atoms with van der Waals surface area (Å²) in [5, 5.41) is 23.4. The van der Waals surface area contributed by atoms with Gasteiger partial charge in [-0.2, -0.15) is 0 Å². The largest absolute Gasteiger partial charge is 0.462 e. The zero-order chi connectivity index (χ0) is 32.4. The Hall–Kier alpha value is -3.03. The summed E-state index contributed by atoms with van der Waals surface area (Å²) in [4.78, 5) is 63.7. The van der Waals surface area contributed by atoms with Gasteiger partial charge in [-0.3, -0.25) is 24.0 Å². The van der Waals surface area contributed by atoms with Crippen LogP contribution in [0.1, 0.15) is 75.2 Å². The molecule has 0 radical (unpaired) electrons. The van der Waals surface area contributed by atoms with Crippen molar-refractivity contribution in [3.63, 3.8) is 0 Å². The van der Waals surface area contributed by atoms with E-state index in [1.54, 1.807) is 13.8 Å². The summed E-state index contributed by atoms with van der Waals surface area (Å²) in [5.74, 6) is -4.83. The first-order valence-corrected chi connectivity index (χ1v) is 14.4. The zero-order valence-corrected chi connectivity index (χ0v) is 26.0. The molecule has 2 saturated carbocycles. The van der Waals surface area contributed by atoms with Crippen molar-refractivity contribution in [2.45, 2.75) is 123 Å². The second-order valence-corrected chi connectivity index (χ2v) is 13.0. The molecule has 1 aliphatic heterocycles. The number of hydrogen-bond donors (Lipinski definition) is 2. The normalized spacial score (nSPS) is 40.0. The Morgan fingerprint density at radius 3 is 1.84 bits per heavy atom. The van der Waals surface area contributed by atoms with Crippen molar-refractivity contribution < 1.29 is 62.6 Å². The van der Waals surface area contributed by atoms with Crippen LogP contribution >= 0.6 is 0 Å². The van der Waals surface area contributed by atoms with Crippen molar-refractivity contribution in [1.29, 1.82) is 0 Å². The van der Waals surface area contributed by atoms with E-state index in [9.17, 15) is 34.2 Å². The summed E-state index contributed by atoms with van der Waals surface area (Å²) in [7, 11) is 0. The van der Waals surface area contributed by atoms with Crippen LogP contribution in [0.4, 0.5) is 0 Å². The number of hydrogen-bond acceptors (Lipinski definition) is 13. The molecule has 0 spiro atoms. The Morgan fingerprint density at radius 2 is 1.40 bits per heavy atom. The summed E-state index contributed by atoms with van der Waals surface area (Å²) < 4.78 is 35.9. The van der Waals surface area contributed by atoms with Crippen molar-refractivity contribution in [2.24, 2.45) is 16.7 Å². The van der Waals surface area contributed by atoms with Gasteiger partial charge in [-0.1, -0.05) is 6.92 Å². The van der Waals surface area contributed by atoms with Crippen LogP contribution in [0.25, 0.3) is 0 Å². The predicted octanol–water partition coefficient (Wildman–Crippen LogP) is 1.29. The maximum absolute atomic E-state index is 13.0. The van der Waals surface area contributed by atoms with Gasteiger partial charge in [0.25, 0.3) is 0 Å². The van der Waals surface area contributed by atoms with Gasteiger partial charge in [-0.15, -0.1) is 0 Å². The highest BCUT2D eigenvalue weighted by Gasteiger charge is 2.80. The third-order valence-electron chi connectivity index (χ3n) is 9.87. The summed E-state index contributed by atoms with van der Waals surface area (Å²) in [6.45, 7) is 11.9. The van der Waals surface area contributed by atoms with E-state index in [4.69, 9.17) is 28.4 Å². The highest BCUT2D eigenvalue weighted by molar-refractivity contribution is 5.70. The number of carbonyl (C=O) groups is 5. The van der Waals surface area contributed by atoms with Gasteiger partial charge in [0.1, 0.15) is 18.3 Å². The molecule has 0 aromatic carbocycles. The van der Waals surface area contributed by atoms with Crippen molar-refractivity contribution in [3.8, 4) is 0 Å². The zero-order valence-electron chi connectivity index (χ0n) is 26.0. The second kappa shape index (κ2) is 10.8. The summed E-state index contributed by atoms with van der Waals surface area (Å²) in [6.07, 6.45) is -7.62. The lowest BCUT2D eigenvalue weighted by molar-refractivity contribution is -0.353. The standard InChI is InChI=1S/C30H42O13/c1-13-19(36)11-29(27(7,8)37)22(13)23(40-15(3)32)25(41-16(4)33)28(9)20(39-14(2)31)10-21-30(12-38-21,43-18(6)35)24(28)26(29)42-17(5)34/h19-21,23-26,36-37H,10-12H2,1-9H3/t19-,20-,21+,23+,24-,25-,26-,28+,29-,30-/m0/s1. The molecular formula is C30H42O13. The first-order chi connectivity index (χ1) is 19.7. The van der Waals surface area contributed by atoms with Gasteiger partial charge < -0.3 is 38.6 Å². The molecule has 3 fully saturated rings. The fourth-order valence-corrected chi connectivity index (χ4v) is 8.39. The summed E-state index contributed by atoms with van der Waals surface area (Å²) >= 11 is 0. The minimum atomic E-state index is -1.79. The highest BCUT2D eigenvalue weighted by Crippen LogP contribution is 2.68. The van der Waals surface area contributed by atoms with E-state index in [0.717, 1.165) is 13.8 Å². The predicted molar refractivity (Wildman–Crippen MR) is 145 cm³/mol. The molecule has 240 valence electrons. The molecular weight excluding hydrogens is 568 g/mol.